The quantitative estimate of drug-likeness (QED) is 0.725. The minimum atomic E-state index is 0.119. The number of ether oxygens (including phenoxy) is 2. The zero-order valence-electron chi connectivity index (χ0n) is 9.68. The summed E-state index contributed by atoms with van der Waals surface area (Å²) in [6.45, 7) is 1.34. The fourth-order valence-electron chi connectivity index (χ4n) is 2.06. The van der Waals surface area contributed by atoms with E-state index in [4.69, 9.17) is 9.47 Å². The first kappa shape index (κ1) is 10.5. The van der Waals surface area contributed by atoms with Crippen molar-refractivity contribution < 1.29 is 14.3 Å². The Morgan fingerprint density at radius 2 is 2.35 bits per heavy atom. The number of pyridine rings is 1. The topological polar surface area (TPSA) is 55.0 Å². The van der Waals surface area contributed by atoms with Gasteiger partial charge >= 0.3 is 0 Å². The van der Waals surface area contributed by atoms with Crippen LogP contribution in [0.15, 0.2) is 12.1 Å². The highest BCUT2D eigenvalue weighted by atomic mass is 16.6. The van der Waals surface area contributed by atoms with Crippen molar-refractivity contribution in [3.63, 3.8) is 0 Å². The van der Waals surface area contributed by atoms with Crippen LogP contribution in [-0.2, 0) is 16.0 Å². The highest BCUT2D eigenvalue weighted by molar-refractivity contribution is 5.95. The summed E-state index contributed by atoms with van der Waals surface area (Å²) in [4.78, 5) is 18.0. The number of aryl methyl sites for hydroxylation is 1. The number of rotatable bonds is 3. The van der Waals surface area contributed by atoms with Crippen molar-refractivity contribution in [1.29, 1.82) is 0 Å². The summed E-state index contributed by atoms with van der Waals surface area (Å²) in [6.07, 6.45) is 1.49. The van der Waals surface area contributed by atoms with Crippen LogP contribution in [0.1, 0.15) is 12.0 Å². The van der Waals surface area contributed by atoms with E-state index in [1.807, 2.05) is 12.1 Å². The molecule has 3 heterocycles. The van der Waals surface area contributed by atoms with Crippen LogP contribution in [0, 0.1) is 0 Å². The Bertz CT molecular complexity index is 457. The third-order valence-corrected chi connectivity index (χ3v) is 3.09. The lowest BCUT2D eigenvalue weighted by molar-refractivity contribution is -0.119. The van der Waals surface area contributed by atoms with E-state index in [0.29, 0.717) is 18.8 Å². The molecule has 0 radical (unpaired) electrons. The van der Waals surface area contributed by atoms with Crippen LogP contribution < -0.4 is 9.64 Å². The molecular formula is C12H14N2O3. The van der Waals surface area contributed by atoms with Crippen molar-refractivity contribution in [2.45, 2.75) is 18.9 Å². The molecular weight excluding hydrogens is 220 g/mol. The number of hydrogen-bond acceptors (Lipinski definition) is 4. The van der Waals surface area contributed by atoms with Gasteiger partial charge in [-0.1, -0.05) is 0 Å². The third-order valence-electron chi connectivity index (χ3n) is 3.09. The number of anilines is 1. The van der Waals surface area contributed by atoms with Gasteiger partial charge in [0.1, 0.15) is 5.82 Å². The normalized spacial score (nSPS) is 22.3. The number of aromatic nitrogens is 1. The lowest BCUT2D eigenvalue weighted by Gasteiger charge is -2.27. The van der Waals surface area contributed by atoms with Gasteiger partial charge in [-0.15, -0.1) is 0 Å². The molecule has 3 rings (SSSR count). The molecule has 1 aromatic rings. The molecule has 0 saturated carbocycles. The van der Waals surface area contributed by atoms with Gasteiger partial charge in [0, 0.05) is 12.5 Å². The molecule has 1 saturated heterocycles. The number of nitrogens with zero attached hydrogens (tertiary/aromatic N) is 2. The maximum Gasteiger partial charge on any atom is 0.228 e. The van der Waals surface area contributed by atoms with Gasteiger partial charge in [-0.05, 0) is 18.1 Å². The van der Waals surface area contributed by atoms with Crippen LogP contribution in [0.3, 0.4) is 0 Å². The molecule has 0 unspecified atom stereocenters. The highest BCUT2D eigenvalue weighted by Gasteiger charge is 2.32. The average Bonchev–Trinajstić information content (AvgIpc) is 3.16. The molecule has 0 N–H and O–H groups in total. The van der Waals surface area contributed by atoms with Crippen molar-refractivity contribution in [3.05, 3.63) is 17.7 Å². The first-order chi connectivity index (χ1) is 8.28. The van der Waals surface area contributed by atoms with Crippen LogP contribution in [0.25, 0.3) is 0 Å². The van der Waals surface area contributed by atoms with Gasteiger partial charge < -0.3 is 9.47 Å². The van der Waals surface area contributed by atoms with E-state index in [2.05, 4.69) is 4.98 Å². The number of amides is 1. The van der Waals surface area contributed by atoms with Gasteiger partial charge in [0.2, 0.25) is 11.8 Å². The first-order valence-electron chi connectivity index (χ1n) is 5.74. The van der Waals surface area contributed by atoms with Crippen molar-refractivity contribution in [3.8, 4) is 5.88 Å². The predicted molar refractivity (Wildman–Crippen MR) is 61.2 cm³/mol. The molecule has 1 amide bonds. The first-order valence-corrected chi connectivity index (χ1v) is 5.74. The Balaban J connectivity index is 1.95. The van der Waals surface area contributed by atoms with Gasteiger partial charge in [-0.2, -0.15) is 4.98 Å². The third kappa shape index (κ3) is 1.98. The van der Waals surface area contributed by atoms with Crippen LogP contribution in [-0.4, -0.2) is 37.3 Å². The molecule has 0 aromatic carbocycles. The lowest BCUT2D eigenvalue weighted by atomic mass is 10.0. The summed E-state index contributed by atoms with van der Waals surface area (Å²) in [5, 5.41) is 0. The predicted octanol–water partition coefficient (Wildman–Crippen LogP) is 0.768. The second-order valence-electron chi connectivity index (χ2n) is 4.30. The van der Waals surface area contributed by atoms with E-state index >= 15 is 0 Å². The van der Waals surface area contributed by atoms with E-state index in [1.165, 1.54) is 0 Å². The maximum atomic E-state index is 11.9. The zero-order valence-corrected chi connectivity index (χ0v) is 9.68. The number of carbonyl (C=O) groups excluding carboxylic acids is 1. The fourth-order valence-corrected chi connectivity index (χ4v) is 2.06. The number of fused-ring (bicyclic) bond motifs is 1. The number of hydrogen-bond donors (Lipinski definition) is 0. The Kier molecular flexibility index (Phi) is 2.48. The second kappa shape index (κ2) is 4.00. The Morgan fingerprint density at radius 3 is 3.06 bits per heavy atom. The Morgan fingerprint density at radius 1 is 1.53 bits per heavy atom. The minimum Gasteiger partial charge on any atom is -0.481 e. The summed E-state index contributed by atoms with van der Waals surface area (Å²) in [5.74, 6) is 1.39. The summed E-state index contributed by atoms with van der Waals surface area (Å²) in [6, 6.07) is 3.81. The Labute approximate surface area is 99.3 Å². The molecule has 0 spiro atoms. The highest BCUT2D eigenvalue weighted by Crippen LogP contribution is 2.29. The monoisotopic (exact) mass is 234 g/mol. The van der Waals surface area contributed by atoms with E-state index in [0.717, 1.165) is 24.4 Å². The van der Waals surface area contributed by atoms with Gasteiger partial charge in [0.05, 0.1) is 26.4 Å². The van der Waals surface area contributed by atoms with E-state index in [9.17, 15) is 4.79 Å². The smallest absolute Gasteiger partial charge is 0.228 e. The van der Waals surface area contributed by atoms with Gasteiger partial charge in [-0.3, -0.25) is 9.69 Å². The number of epoxide rings is 1. The molecule has 5 heteroatoms. The van der Waals surface area contributed by atoms with E-state index in [-0.39, 0.29) is 12.0 Å². The van der Waals surface area contributed by atoms with Crippen LogP contribution in [0.2, 0.25) is 0 Å². The van der Waals surface area contributed by atoms with Crippen molar-refractivity contribution >= 4 is 11.7 Å². The average molecular weight is 234 g/mol. The van der Waals surface area contributed by atoms with Gasteiger partial charge in [0.25, 0.3) is 0 Å². The summed E-state index contributed by atoms with van der Waals surface area (Å²) >= 11 is 0. The molecule has 1 fully saturated rings. The van der Waals surface area contributed by atoms with Gasteiger partial charge in [-0.25, -0.2) is 0 Å². The molecule has 1 atom stereocenters. The van der Waals surface area contributed by atoms with Crippen molar-refractivity contribution in [1.82, 2.24) is 4.98 Å². The van der Waals surface area contributed by atoms with Crippen LogP contribution in [0.4, 0.5) is 5.82 Å². The Hall–Kier alpha value is -1.62. The lowest BCUT2D eigenvalue weighted by Crippen LogP contribution is -2.38. The van der Waals surface area contributed by atoms with E-state index < -0.39 is 0 Å². The SMILES string of the molecule is COc1ccc2c(n1)N(C[C@@H]1CO1)C(=O)CC2. The summed E-state index contributed by atoms with van der Waals surface area (Å²) in [7, 11) is 1.58. The largest absolute Gasteiger partial charge is 0.481 e. The molecule has 17 heavy (non-hydrogen) atoms. The molecule has 2 aliphatic rings. The second-order valence-corrected chi connectivity index (χ2v) is 4.30. The van der Waals surface area contributed by atoms with Crippen molar-refractivity contribution in [2.24, 2.45) is 0 Å². The van der Waals surface area contributed by atoms with Gasteiger partial charge in [0.15, 0.2) is 0 Å². The molecule has 0 aliphatic carbocycles. The molecule has 1 aromatic heterocycles. The maximum absolute atomic E-state index is 11.9. The standard InChI is InChI=1S/C12H14N2O3/c1-16-10-4-2-8-3-5-11(15)14(12(8)13-10)6-9-7-17-9/h2,4,9H,3,5-7H2,1H3/t9-/m1/s1. The van der Waals surface area contributed by atoms with E-state index in [1.54, 1.807) is 12.0 Å². The molecule has 2 aliphatic heterocycles. The molecule has 5 nitrogen and oxygen atoms in total. The number of methoxy groups -OCH3 is 1. The summed E-state index contributed by atoms with van der Waals surface area (Å²) in [5.41, 5.74) is 1.10. The van der Waals surface area contributed by atoms with Crippen LogP contribution >= 0.6 is 0 Å². The molecule has 0 bridgehead atoms. The fraction of sp³-hybridized carbons (Fsp3) is 0.500. The molecule has 90 valence electrons. The summed E-state index contributed by atoms with van der Waals surface area (Å²) < 4.78 is 10.3. The zero-order chi connectivity index (χ0) is 11.8. The van der Waals surface area contributed by atoms with Crippen LogP contribution in [0.5, 0.6) is 5.88 Å². The minimum absolute atomic E-state index is 0.119. The van der Waals surface area contributed by atoms with Crippen molar-refractivity contribution in [2.75, 3.05) is 25.2 Å². The number of carbonyl (C=O) groups is 1.